The molecule has 1 nitrogen and oxygen atoms in total. The standard InChI is InChI=1S/C18H19NS/c1-4-13-12(3)10-11-15(14(13)5-2)18-19-16-8-6-7-9-17(16)20-18/h6-11H,4-5H2,1-3H3. The van der Waals surface area contributed by atoms with E-state index in [-0.39, 0.29) is 0 Å². The van der Waals surface area contributed by atoms with E-state index in [2.05, 4.69) is 57.2 Å². The molecule has 0 aliphatic rings. The zero-order chi connectivity index (χ0) is 14.1. The van der Waals surface area contributed by atoms with E-state index in [1.54, 1.807) is 11.3 Å². The monoisotopic (exact) mass is 281 g/mol. The number of fused-ring (bicyclic) bond motifs is 1. The molecule has 2 heteroatoms. The molecule has 0 saturated heterocycles. The lowest BCUT2D eigenvalue weighted by molar-refractivity contribution is 1.02. The first-order valence-corrected chi connectivity index (χ1v) is 8.03. The molecule has 3 aromatic rings. The highest BCUT2D eigenvalue weighted by atomic mass is 32.1. The number of rotatable bonds is 3. The van der Waals surface area contributed by atoms with Crippen LogP contribution in [0.15, 0.2) is 36.4 Å². The summed E-state index contributed by atoms with van der Waals surface area (Å²) in [7, 11) is 0. The van der Waals surface area contributed by atoms with Crippen molar-refractivity contribution in [1.82, 2.24) is 4.98 Å². The lowest BCUT2D eigenvalue weighted by Gasteiger charge is -2.13. The molecule has 0 saturated carbocycles. The van der Waals surface area contributed by atoms with Gasteiger partial charge in [0.05, 0.1) is 10.2 Å². The fourth-order valence-electron chi connectivity index (χ4n) is 2.89. The van der Waals surface area contributed by atoms with Crippen LogP contribution in [0.1, 0.15) is 30.5 Å². The van der Waals surface area contributed by atoms with Gasteiger partial charge in [0.2, 0.25) is 0 Å². The van der Waals surface area contributed by atoms with Crippen LogP contribution in [-0.4, -0.2) is 4.98 Å². The van der Waals surface area contributed by atoms with Gasteiger partial charge in [-0.25, -0.2) is 4.98 Å². The van der Waals surface area contributed by atoms with E-state index >= 15 is 0 Å². The number of nitrogens with zero attached hydrogens (tertiary/aromatic N) is 1. The topological polar surface area (TPSA) is 12.9 Å². The Hall–Kier alpha value is -1.67. The second kappa shape index (κ2) is 5.37. The van der Waals surface area contributed by atoms with Crippen LogP contribution < -0.4 is 0 Å². The molecule has 0 unspecified atom stereocenters. The molecule has 0 bridgehead atoms. The molecule has 0 amide bonds. The van der Waals surface area contributed by atoms with Crippen molar-refractivity contribution in [2.45, 2.75) is 33.6 Å². The molecule has 3 rings (SSSR count). The molecule has 20 heavy (non-hydrogen) atoms. The molecule has 0 fully saturated rings. The molecule has 0 atom stereocenters. The van der Waals surface area contributed by atoms with Crippen LogP contribution in [0.5, 0.6) is 0 Å². The minimum Gasteiger partial charge on any atom is -0.236 e. The lowest BCUT2D eigenvalue weighted by atomic mass is 9.93. The van der Waals surface area contributed by atoms with Crippen LogP contribution in [0.25, 0.3) is 20.8 Å². The predicted molar refractivity (Wildman–Crippen MR) is 88.5 cm³/mol. The van der Waals surface area contributed by atoms with E-state index in [1.807, 2.05) is 0 Å². The number of aromatic nitrogens is 1. The van der Waals surface area contributed by atoms with Crippen LogP contribution in [0.3, 0.4) is 0 Å². The first kappa shape index (κ1) is 13.3. The molecule has 2 aromatic carbocycles. The van der Waals surface area contributed by atoms with Crippen LogP contribution in [0, 0.1) is 6.92 Å². The Bertz CT molecular complexity index is 722. The highest BCUT2D eigenvalue weighted by Crippen LogP contribution is 2.34. The summed E-state index contributed by atoms with van der Waals surface area (Å²) in [5.74, 6) is 0. The number of hydrogen-bond donors (Lipinski definition) is 0. The number of benzene rings is 2. The Kier molecular flexibility index (Phi) is 3.58. The van der Waals surface area contributed by atoms with Gasteiger partial charge in [0, 0.05) is 5.56 Å². The molecule has 0 aliphatic carbocycles. The first-order valence-electron chi connectivity index (χ1n) is 7.21. The number of para-hydroxylation sites is 1. The minimum atomic E-state index is 1.07. The highest BCUT2D eigenvalue weighted by molar-refractivity contribution is 7.21. The van der Waals surface area contributed by atoms with Gasteiger partial charge in [0.25, 0.3) is 0 Å². The van der Waals surface area contributed by atoms with Crippen LogP contribution in [-0.2, 0) is 12.8 Å². The molecule has 1 aromatic heterocycles. The van der Waals surface area contributed by atoms with Gasteiger partial charge in [0.15, 0.2) is 0 Å². The van der Waals surface area contributed by atoms with Crippen LogP contribution in [0.2, 0.25) is 0 Å². The smallest absolute Gasteiger partial charge is 0.124 e. The number of thiazole rings is 1. The molecule has 1 heterocycles. The number of aryl methyl sites for hydroxylation is 1. The van der Waals surface area contributed by atoms with Crippen molar-refractivity contribution >= 4 is 21.6 Å². The maximum Gasteiger partial charge on any atom is 0.124 e. The van der Waals surface area contributed by atoms with Crippen molar-refractivity contribution in [1.29, 1.82) is 0 Å². The van der Waals surface area contributed by atoms with Crippen molar-refractivity contribution in [3.63, 3.8) is 0 Å². The Balaban J connectivity index is 2.23. The van der Waals surface area contributed by atoms with Gasteiger partial charge in [-0.2, -0.15) is 0 Å². The van der Waals surface area contributed by atoms with Crippen LogP contribution in [0.4, 0.5) is 0 Å². The van der Waals surface area contributed by atoms with Crippen molar-refractivity contribution in [2.75, 3.05) is 0 Å². The average Bonchev–Trinajstić information content (AvgIpc) is 2.90. The van der Waals surface area contributed by atoms with Gasteiger partial charge >= 0.3 is 0 Å². The fourth-order valence-corrected chi connectivity index (χ4v) is 3.91. The number of hydrogen-bond acceptors (Lipinski definition) is 2. The summed E-state index contributed by atoms with van der Waals surface area (Å²) in [6.07, 6.45) is 2.16. The summed E-state index contributed by atoms with van der Waals surface area (Å²) in [5.41, 5.74) is 6.77. The van der Waals surface area contributed by atoms with E-state index in [1.165, 1.54) is 27.0 Å². The van der Waals surface area contributed by atoms with E-state index in [4.69, 9.17) is 4.98 Å². The second-order valence-electron chi connectivity index (χ2n) is 5.08. The molecule has 0 spiro atoms. The summed E-state index contributed by atoms with van der Waals surface area (Å²) in [6.45, 7) is 6.69. The van der Waals surface area contributed by atoms with E-state index < -0.39 is 0 Å². The Labute approximate surface area is 124 Å². The molecule has 0 aliphatic heterocycles. The van der Waals surface area contributed by atoms with Gasteiger partial charge in [-0.3, -0.25) is 0 Å². The summed E-state index contributed by atoms with van der Waals surface area (Å²) < 4.78 is 1.27. The Morgan fingerprint density at radius 2 is 1.70 bits per heavy atom. The van der Waals surface area contributed by atoms with E-state index in [9.17, 15) is 0 Å². The van der Waals surface area contributed by atoms with Crippen molar-refractivity contribution in [2.24, 2.45) is 0 Å². The fraction of sp³-hybridized carbons (Fsp3) is 0.278. The Morgan fingerprint density at radius 1 is 0.950 bits per heavy atom. The quantitative estimate of drug-likeness (QED) is 0.626. The third-order valence-electron chi connectivity index (χ3n) is 3.90. The normalized spacial score (nSPS) is 11.2. The van der Waals surface area contributed by atoms with Crippen molar-refractivity contribution < 1.29 is 0 Å². The molecular formula is C18H19NS. The zero-order valence-corrected chi connectivity index (χ0v) is 13.1. The summed E-state index contributed by atoms with van der Waals surface area (Å²) >= 11 is 1.79. The van der Waals surface area contributed by atoms with Crippen LogP contribution >= 0.6 is 11.3 Å². The SMILES string of the molecule is CCc1c(C)ccc(-c2nc3ccccc3s2)c1CC. The highest BCUT2D eigenvalue weighted by Gasteiger charge is 2.13. The van der Waals surface area contributed by atoms with Gasteiger partial charge in [-0.1, -0.05) is 38.1 Å². The van der Waals surface area contributed by atoms with Gasteiger partial charge < -0.3 is 0 Å². The lowest BCUT2D eigenvalue weighted by Crippen LogP contribution is -1.98. The van der Waals surface area contributed by atoms with Gasteiger partial charge in [0.1, 0.15) is 5.01 Å². The second-order valence-corrected chi connectivity index (χ2v) is 6.11. The van der Waals surface area contributed by atoms with Gasteiger partial charge in [-0.15, -0.1) is 11.3 Å². The summed E-state index contributed by atoms with van der Waals surface area (Å²) in [5, 5.41) is 1.15. The van der Waals surface area contributed by atoms with E-state index in [0.717, 1.165) is 23.4 Å². The molecule has 0 radical (unpaired) electrons. The third kappa shape index (κ3) is 2.14. The maximum atomic E-state index is 4.82. The Morgan fingerprint density at radius 3 is 2.40 bits per heavy atom. The van der Waals surface area contributed by atoms with Crippen molar-refractivity contribution in [3.8, 4) is 10.6 Å². The van der Waals surface area contributed by atoms with Crippen molar-refractivity contribution in [3.05, 3.63) is 53.1 Å². The molecular weight excluding hydrogens is 262 g/mol. The predicted octanol–water partition coefficient (Wildman–Crippen LogP) is 5.40. The van der Waals surface area contributed by atoms with E-state index in [0.29, 0.717) is 0 Å². The van der Waals surface area contributed by atoms with Gasteiger partial charge in [-0.05, 0) is 48.6 Å². The largest absolute Gasteiger partial charge is 0.236 e. The summed E-state index contributed by atoms with van der Waals surface area (Å²) in [6, 6.07) is 12.9. The zero-order valence-electron chi connectivity index (χ0n) is 12.2. The average molecular weight is 281 g/mol. The molecule has 0 N–H and O–H groups in total. The third-order valence-corrected chi connectivity index (χ3v) is 4.97. The maximum absolute atomic E-state index is 4.82. The first-order chi connectivity index (χ1) is 9.74. The summed E-state index contributed by atoms with van der Waals surface area (Å²) in [4.78, 5) is 4.82. The molecule has 102 valence electrons. The minimum absolute atomic E-state index is 1.07.